The average Bonchev–Trinajstić information content (AvgIpc) is 0.963. The Morgan fingerprint density at radius 2 is 0.289 bits per heavy atom. The summed E-state index contributed by atoms with van der Waals surface area (Å²) < 4.78 is 0. The number of nitrogens with one attached hydrogen (secondary N) is 16. The molecule has 0 spiro atoms. The highest BCUT2D eigenvalue weighted by Gasteiger charge is 2.17. The van der Waals surface area contributed by atoms with Crippen LogP contribution in [0.25, 0.3) is 0 Å². The minimum atomic E-state index is 0.0279. The van der Waals surface area contributed by atoms with Gasteiger partial charge in [-0.05, 0) is 162 Å². The Morgan fingerprint density at radius 3 is 0.463 bits per heavy atom. The summed E-state index contributed by atoms with van der Waals surface area (Å²) in [4.78, 5) is 149. The van der Waals surface area contributed by atoms with E-state index in [9.17, 15) is 57.5 Å². The molecule has 0 aliphatic carbocycles. The molecule has 0 heterocycles. The van der Waals surface area contributed by atoms with Crippen molar-refractivity contribution >= 4 is 70.9 Å². The molecule has 0 bridgehead atoms. The molecular weight excluding hydrogens is 1540 g/mol. The van der Waals surface area contributed by atoms with Crippen LogP contribution in [0.4, 0.5) is 0 Å². The van der Waals surface area contributed by atoms with Crippen LogP contribution in [0.15, 0.2) is 0 Å². The van der Waals surface area contributed by atoms with Gasteiger partial charge in [-0.1, -0.05) is 110 Å². The molecule has 0 fully saturated rings. The van der Waals surface area contributed by atoms with Crippen molar-refractivity contribution in [2.75, 3.05) is 209 Å². The van der Waals surface area contributed by atoms with Gasteiger partial charge in [0.1, 0.15) is 0 Å². The topological polar surface area (TPSA) is 410 Å². The van der Waals surface area contributed by atoms with Gasteiger partial charge >= 0.3 is 0 Å². The van der Waals surface area contributed by atoms with Crippen LogP contribution in [-0.4, -0.2) is 300 Å². The molecule has 0 aliphatic rings. The summed E-state index contributed by atoms with van der Waals surface area (Å²) in [6.45, 7) is 52.2. The van der Waals surface area contributed by atoms with E-state index in [0.29, 0.717) is 162 Å². The first kappa shape index (κ1) is 123. The molecule has 0 atom stereocenters. The van der Waals surface area contributed by atoms with E-state index < -0.39 is 0 Å². The molecule has 16 N–H and O–H groups in total. The van der Waals surface area contributed by atoms with Gasteiger partial charge in [0.25, 0.3) is 0 Å². The van der Waals surface area contributed by atoms with Gasteiger partial charge in [-0.15, -0.1) is 0 Å². The fourth-order valence-corrected chi connectivity index (χ4v) is 10.9. The minimum Gasteiger partial charge on any atom is -0.356 e. The van der Waals surface area contributed by atoms with E-state index in [-0.39, 0.29) is 70.9 Å². The number of hydrogen-bond acceptors (Lipinski definition) is 20. The molecule has 32 nitrogen and oxygen atoms in total. The molecule has 0 radical (unpaired) electrons. The normalized spacial score (nSPS) is 10.7. The van der Waals surface area contributed by atoms with Crippen LogP contribution in [0.5, 0.6) is 0 Å². The summed E-state index contributed by atoms with van der Waals surface area (Å²) in [5.41, 5.74) is 0. The van der Waals surface area contributed by atoms with Crippen molar-refractivity contribution in [2.45, 2.75) is 296 Å². The van der Waals surface area contributed by atoms with Crippen molar-refractivity contribution < 1.29 is 57.5 Å². The predicted octanol–water partition coefficient (Wildman–Crippen LogP) is 6.26. The summed E-state index contributed by atoms with van der Waals surface area (Å²) in [7, 11) is 0. The maximum Gasteiger partial charge on any atom is 0.221 e. The van der Waals surface area contributed by atoms with Gasteiger partial charge in [0.15, 0.2) is 0 Å². The summed E-state index contributed by atoms with van der Waals surface area (Å²) in [6.07, 6.45) is 24.3. The van der Waals surface area contributed by atoms with Gasteiger partial charge in [-0.3, -0.25) is 57.5 Å². The quantitative estimate of drug-likeness (QED) is 0.0298. The monoisotopic (exact) mass is 1730 g/mol. The van der Waals surface area contributed by atoms with Crippen LogP contribution in [0.1, 0.15) is 296 Å². The van der Waals surface area contributed by atoms with Gasteiger partial charge in [0.2, 0.25) is 70.9 Å². The number of amides is 12. The van der Waals surface area contributed by atoms with E-state index in [0.717, 1.165) is 234 Å². The Labute approximate surface area is 735 Å². The molecule has 0 rings (SSSR count). The highest BCUT2D eigenvalue weighted by molar-refractivity contribution is 5.80. The zero-order valence-electron chi connectivity index (χ0n) is 79.2. The summed E-state index contributed by atoms with van der Waals surface area (Å²) in [5.74, 6) is 0.902. The first-order valence-electron chi connectivity index (χ1n) is 47.5. The maximum absolute atomic E-state index is 12.1. The van der Waals surface area contributed by atoms with Crippen LogP contribution in [-0.2, 0) is 57.5 Å². The Balaban J connectivity index is -0.000000481. The van der Waals surface area contributed by atoms with Crippen molar-refractivity contribution in [2.24, 2.45) is 0 Å². The van der Waals surface area contributed by atoms with Gasteiger partial charge in [-0.25, -0.2) is 0 Å². The second-order valence-electron chi connectivity index (χ2n) is 30.3. The zero-order chi connectivity index (χ0) is 91.1. The zero-order valence-corrected chi connectivity index (χ0v) is 79.2. The van der Waals surface area contributed by atoms with Crippen LogP contribution in [0, 0.1) is 0 Å². The van der Waals surface area contributed by atoms with E-state index in [1.165, 1.54) is 12.8 Å². The Hall–Kier alpha value is -6.68. The van der Waals surface area contributed by atoms with Crippen LogP contribution in [0.2, 0.25) is 0 Å². The Kier molecular flexibility index (Phi) is 100. The van der Waals surface area contributed by atoms with Crippen LogP contribution >= 0.6 is 0 Å². The third-order valence-corrected chi connectivity index (χ3v) is 18.2. The fourth-order valence-electron chi connectivity index (χ4n) is 10.9. The molecule has 0 aromatic rings. The first-order chi connectivity index (χ1) is 58.5. The number of rotatable bonds is 78. The van der Waals surface area contributed by atoms with E-state index in [4.69, 9.17) is 0 Å². The molecule has 12 amide bonds. The molecule has 32 heteroatoms. The number of carbonyl (C=O) groups is 12. The second-order valence-corrected chi connectivity index (χ2v) is 30.3. The maximum atomic E-state index is 12.1. The van der Waals surface area contributed by atoms with Gasteiger partial charge < -0.3 is 105 Å². The lowest BCUT2D eigenvalue weighted by Crippen LogP contribution is -2.38. The van der Waals surface area contributed by atoms with Crippen molar-refractivity contribution in [3.63, 3.8) is 0 Å². The third kappa shape index (κ3) is 98.6. The van der Waals surface area contributed by atoms with Crippen molar-refractivity contribution in [3.8, 4) is 0 Å². The van der Waals surface area contributed by atoms with E-state index in [1.54, 1.807) is 0 Å². The predicted molar refractivity (Wildman–Crippen MR) is 496 cm³/mol. The van der Waals surface area contributed by atoms with Crippen molar-refractivity contribution in [3.05, 3.63) is 0 Å². The standard InChI is InChI=1S/C27H54N6O4.C21H43N5O3.C16H33N3O2.C15H32N4O2.C10H22N2O/c1-5-14-28-24(34)10-20-32(21-11-25(35)29-15-6-2)18-9-19-33(22-12-26(36)30-16-7-3)23-13-27(37)31-17-8-4;1-4-11-23-19(27)8-15-22-14-7-16-26(17-9-20(28)24-12-5-2)18-10-21(29)25-13-6-3;1-4-7-12-19(13-8-15(20)17-10-5-2)14-9-16(21)18-11-6-3;1-3-8-18-14(20)6-12-16-10-5-11-17-13-7-15(21)19-9-4-2;1-3-5-8-11-9-6-10(13)12-7-4-2/h5-23H2,1-4H3,(H,28,34)(H,29,35)(H,30,36)(H,31,37);22H,4-18H2,1-3H3,(H,23,27)(H,24,28)(H,25,29);4-14H2,1-3H3,(H,17,20)(H,18,21);16-17H,3-13H2,1-2H3,(H,18,20)(H,19,21);11H,3-9H2,1-2H3,(H,12,13). The molecular formula is C89H184N20O12. The fraction of sp³-hybridized carbons (Fsp3) is 0.865. The van der Waals surface area contributed by atoms with Gasteiger partial charge in [0.05, 0.1) is 0 Å². The second kappa shape index (κ2) is 98.8. The Bertz CT molecular complexity index is 2310. The van der Waals surface area contributed by atoms with Crippen molar-refractivity contribution in [1.29, 1.82) is 0 Å². The molecule has 0 aliphatic heterocycles. The highest BCUT2D eigenvalue weighted by atomic mass is 16.2. The van der Waals surface area contributed by atoms with E-state index in [2.05, 4.69) is 125 Å². The molecule has 121 heavy (non-hydrogen) atoms. The lowest BCUT2D eigenvalue weighted by molar-refractivity contribution is -0.123. The summed E-state index contributed by atoms with van der Waals surface area (Å²) in [6, 6.07) is 0. The van der Waals surface area contributed by atoms with Crippen LogP contribution in [0.3, 0.4) is 0 Å². The van der Waals surface area contributed by atoms with E-state index >= 15 is 0 Å². The smallest absolute Gasteiger partial charge is 0.221 e. The number of carbonyl (C=O) groups excluding carboxylic acids is 12. The number of nitrogens with zero attached hydrogens (tertiary/aromatic N) is 4. The summed E-state index contributed by atoms with van der Waals surface area (Å²) in [5, 5.41) is 47.6. The molecule has 0 saturated heterocycles. The molecule has 712 valence electrons. The molecule has 0 unspecified atom stereocenters. The largest absolute Gasteiger partial charge is 0.356 e. The van der Waals surface area contributed by atoms with Crippen molar-refractivity contribution in [1.82, 2.24) is 105 Å². The SMILES string of the molecule is CCCCN(CCC(=O)NCCC)CCC(=O)NCCC.CCCCNCCC(=O)NCCC.CCCNC(=O)CCN(CCCN(CCC(=O)NCCC)CCC(=O)NCCC)CCC(=O)NCCC.CCCNC(=O)CCNCCCN(CCC(=O)NCCC)CCC(=O)NCCC.CCCNC(=O)CCNCCCNCCC(=O)NCCC. The first-order valence-corrected chi connectivity index (χ1v) is 47.5. The lowest BCUT2D eigenvalue weighted by Gasteiger charge is -2.25. The third-order valence-electron chi connectivity index (χ3n) is 18.2. The minimum absolute atomic E-state index is 0.0279. The molecule has 0 aromatic heterocycles. The van der Waals surface area contributed by atoms with E-state index in [1.807, 2.05) is 76.2 Å². The number of hydrogen-bond donors (Lipinski definition) is 16. The molecule has 0 saturated carbocycles. The average molecular weight is 1730 g/mol. The molecule has 0 aromatic carbocycles. The number of unbranched alkanes of at least 4 members (excludes halogenated alkanes) is 2. The summed E-state index contributed by atoms with van der Waals surface area (Å²) >= 11 is 0. The lowest BCUT2D eigenvalue weighted by atomic mass is 10.2. The van der Waals surface area contributed by atoms with Gasteiger partial charge in [0, 0.05) is 234 Å². The van der Waals surface area contributed by atoms with Gasteiger partial charge in [-0.2, -0.15) is 0 Å². The van der Waals surface area contributed by atoms with Crippen LogP contribution < -0.4 is 85.1 Å². The Morgan fingerprint density at radius 1 is 0.140 bits per heavy atom. The highest BCUT2D eigenvalue weighted by Crippen LogP contribution is 2.05.